The summed E-state index contributed by atoms with van der Waals surface area (Å²) in [5.41, 5.74) is 1.75. The summed E-state index contributed by atoms with van der Waals surface area (Å²) in [5.74, 6) is -0.0143. The number of nitrogens with one attached hydrogen (secondary N) is 1. The van der Waals surface area contributed by atoms with Crippen LogP contribution in [0.25, 0.3) is 0 Å². The Morgan fingerprint density at radius 2 is 2.05 bits per heavy atom. The van der Waals surface area contributed by atoms with Crippen LogP contribution in [0.4, 0.5) is 5.69 Å². The highest BCUT2D eigenvalue weighted by atomic mass is 32.2. The molecule has 1 saturated heterocycles. The number of carbonyl (C=O) groups is 1. The second kappa shape index (κ2) is 5.33. The summed E-state index contributed by atoms with van der Waals surface area (Å²) >= 11 is 0. The standard InChI is InChI=1S/C15H21N3O3S/c1-10-6-12-7-14(4-5-15(12)18(10)11(2)19)22(20,21)17(3)13-8-16-9-13/h4-5,7,10,13,16H,6,8-9H2,1-3H3. The molecule has 120 valence electrons. The molecule has 1 N–H and O–H groups in total. The smallest absolute Gasteiger partial charge is 0.243 e. The van der Waals surface area contributed by atoms with E-state index in [0.717, 1.165) is 11.3 Å². The van der Waals surface area contributed by atoms with E-state index in [4.69, 9.17) is 0 Å². The molecule has 7 heteroatoms. The van der Waals surface area contributed by atoms with Gasteiger partial charge in [0.15, 0.2) is 0 Å². The summed E-state index contributed by atoms with van der Waals surface area (Å²) in [5, 5.41) is 3.08. The van der Waals surface area contributed by atoms with E-state index >= 15 is 0 Å². The van der Waals surface area contributed by atoms with Crippen LogP contribution in [0.1, 0.15) is 19.4 Å². The zero-order valence-electron chi connectivity index (χ0n) is 13.0. The predicted molar refractivity (Wildman–Crippen MR) is 84.4 cm³/mol. The molecule has 0 aliphatic carbocycles. The first kappa shape index (κ1) is 15.5. The molecule has 0 spiro atoms. The normalized spacial score (nSPS) is 21.8. The lowest BCUT2D eigenvalue weighted by atomic mass is 10.1. The highest BCUT2D eigenvalue weighted by Gasteiger charge is 2.34. The lowest BCUT2D eigenvalue weighted by molar-refractivity contribution is -0.116. The zero-order chi connectivity index (χ0) is 16.1. The minimum atomic E-state index is -3.49. The van der Waals surface area contributed by atoms with Crippen molar-refractivity contribution >= 4 is 21.6 Å². The van der Waals surface area contributed by atoms with Gasteiger partial charge in [0.25, 0.3) is 0 Å². The topological polar surface area (TPSA) is 69.7 Å². The molecule has 2 aliphatic heterocycles. The van der Waals surface area contributed by atoms with Crippen LogP contribution in [0, 0.1) is 0 Å². The second-order valence-corrected chi connectivity index (χ2v) is 8.06. The fraction of sp³-hybridized carbons (Fsp3) is 0.533. The fourth-order valence-corrected chi connectivity index (χ4v) is 4.55. The Hall–Kier alpha value is -1.44. The Morgan fingerprint density at radius 1 is 1.36 bits per heavy atom. The van der Waals surface area contributed by atoms with E-state index in [1.165, 1.54) is 11.2 Å². The third kappa shape index (κ3) is 2.33. The molecule has 22 heavy (non-hydrogen) atoms. The molecule has 6 nitrogen and oxygen atoms in total. The number of amides is 1. The van der Waals surface area contributed by atoms with Crippen molar-refractivity contribution in [2.45, 2.75) is 37.2 Å². The summed E-state index contributed by atoms with van der Waals surface area (Å²) in [6.45, 7) is 4.89. The van der Waals surface area contributed by atoms with Gasteiger partial charge in [-0.3, -0.25) is 4.79 Å². The SMILES string of the molecule is CC(=O)N1c2ccc(S(=O)(=O)N(C)C3CNC3)cc2CC1C. The zero-order valence-corrected chi connectivity index (χ0v) is 13.9. The number of sulfonamides is 1. The Morgan fingerprint density at radius 3 is 2.59 bits per heavy atom. The first-order valence-corrected chi connectivity index (χ1v) is 8.88. The molecule has 1 fully saturated rings. The van der Waals surface area contributed by atoms with Crippen molar-refractivity contribution in [3.05, 3.63) is 23.8 Å². The van der Waals surface area contributed by atoms with Gasteiger partial charge in [-0.1, -0.05) is 0 Å². The molecule has 1 atom stereocenters. The molecule has 0 aromatic heterocycles. The number of hydrogen-bond acceptors (Lipinski definition) is 4. The molecular weight excluding hydrogens is 302 g/mol. The van der Waals surface area contributed by atoms with E-state index in [0.29, 0.717) is 24.4 Å². The minimum Gasteiger partial charge on any atom is -0.313 e. The van der Waals surface area contributed by atoms with Gasteiger partial charge in [0.1, 0.15) is 0 Å². The molecule has 1 amide bonds. The van der Waals surface area contributed by atoms with Crippen molar-refractivity contribution in [1.29, 1.82) is 0 Å². The van der Waals surface area contributed by atoms with Gasteiger partial charge in [-0.2, -0.15) is 4.31 Å². The van der Waals surface area contributed by atoms with Crippen LogP contribution in [0.3, 0.4) is 0 Å². The van der Waals surface area contributed by atoms with Crippen LogP contribution in [0.2, 0.25) is 0 Å². The van der Waals surface area contributed by atoms with E-state index in [1.54, 1.807) is 30.1 Å². The number of fused-ring (bicyclic) bond motifs is 1. The molecule has 0 radical (unpaired) electrons. The number of nitrogens with zero attached hydrogens (tertiary/aromatic N) is 2. The average molecular weight is 323 g/mol. The number of anilines is 1. The number of likely N-dealkylation sites (N-methyl/N-ethyl adjacent to an activating group) is 1. The van der Waals surface area contributed by atoms with Gasteiger partial charge < -0.3 is 10.2 Å². The molecule has 1 aromatic carbocycles. The number of benzene rings is 1. The molecular formula is C15H21N3O3S. The maximum atomic E-state index is 12.7. The van der Waals surface area contributed by atoms with Crippen molar-refractivity contribution in [2.24, 2.45) is 0 Å². The van der Waals surface area contributed by atoms with E-state index < -0.39 is 10.0 Å². The summed E-state index contributed by atoms with van der Waals surface area (Å²) in [6, 6.07) is 5.15. The van der Waals surface area contributed by atoms with Crippen LogP contribution in [0.5, 0.6) is 0 Å². The van der Waals surface area contributed by atoms with E-state index in [1.807, 2.05) is 6.92 Å². The first-order valence-electron chi connectivity index (χ1n) is 7.44. The predicted octanol–water partition coefficient (Wildman–Crippen LogP) is 0.576. The van der Waals surface area contributed by atoms with Crippen LogP contribution < -0.4 is 10.2 Å². The minimum absolute atomic E-state index is 0.0143. The highest BCUT2D eigenvalue weighted by Crippen LogP contribution is 2.34. The van der Waals surface area contributed by atoms with Gasteiger partial charge in [-0.15, -0.1) is 0 Å². The Bertz CT molecular complexity index is 713. The molecule has 3 rings (SSSR count). The third-order valence-electron chi connectivity index (χ3n) is 4.56. The van der Waals surface area contributed by atoms with Crippen molar-refractivity contribution in [2.75, 3.05) is 25.0 Å². The van der Waals surface area contributed by atoms with Gasteiger partial charge >= 0.3 is 0 Å². The quantitative estimate of drug-likeness (QED) is 0.883. The molecule has 0 saturated carbocycles. The highest BCUT2D eigenvalue weighted by molar-refractivity contribution is 7.89. The van der Waals surface area contributed by atoms with Crippen molar-refractivity contribution in [3.8, 4) is 0 Å². The maximum absolute atomic E-state index is 12.7. The van der Waals surface area contributed by atoms with Gasteiger partial charge in [-0.25, -0.2) is 8.42 Å². The molecule has 1 unspecified atom stereocenters. The summed E-state index contributed by atoms with van der Waals surface area (Å²) in [4.78, 5) is 13.8. The second-order valence-electron chi connectivity index (χ2n) is 6.07. The maximum Gasteiger partial charge on any atom is 0.243 e. The fourth-order valence-electron chi connectivity index (χ4n) is 3.14. The largest absolute Gasteiger partial charge is 0.313 e. The van der Waals surface area contributed by atoms with Gasteiger partial charge in [0, 0.05) is 44.8 Å². The van der Waals surface area contributed by atoms with Crippen molar-refractivity contribution in [3.63, 3.8) is 0 Å². The Kier molecular flexibility index (Phi) is 3.74. The van der Waals surface area contributed by atoms with Crippen molar-refractivity contribution in [1.82, 2.24) is 9.62 Å². The van der Waals surface area contributed by atoms with Crippen LogP contribution >= 0.6 is 0 Å². The Labute approximate surface area is 131 Å². The first-order chi connectivity index (χ1) is 10.3. The lowest BCUT2D eigenvalue weighted by Crippen LogP contribution is -2.57. The van der Waals surface area contributed by atoms with Gasteiger partial charge in [0.05, 0.1) is 4.90 Å². The Balaban J connectivity index is 1.95. The van der Waals surface area contributed by atoms with E-state index in [2.05, 4.69) is 5.32 Å². The van der Waals surface area contributed by atoms with E-state index in [-0.39, 0.29) is 18.0 Å². The van der Waals surface area contributed by atoms with Crippen LogP contribution in [0.15, 0.2) is 23.1 Å². The van der Waals surface area contributed by atoms with Gasteiger partial charge in [-0.05, 0) is 37.1 Å². The van der Waals surface area contributed by atoms with Gasteiger partial charge in [0.2, 0.25) is 15.9 Å². The third-order valence-corrected chi connectivity index (χ3v) is 6.46. The summed E-state index contributed by atoms with van der Waals surface area (Å²) in [7, 11) is -1.86. The number of carbonyl (C=O) groups excluding carboxylic acids is 1. The van der Waals surface area contributed by atoms with Crippen LogP contribution in [-0.2, 0) is 21.2 Å². The van der Waals surface area contributed by atoms with Crippen molar-refractivity contribution < 1.29 is 13.2 Å². The van der Waals surface area contributed by atoms with E-state index in [9.17, 15) is 13.2 Å². The monoisotopic (exact) mass is 323 g/mol. The molecule has 1 aromatic rings. The average Bonchev–Trinajstić information content (AvgIpc) is 2.71. The number of hydrogen-bond donors (Lipinski definition) is 1. The molecule has 2 aliphatic rings. The number of rotatable bonds is 3. The van der Waals surface area contributed by atoms with Crippen LogP contribution in [-0.4, -0.2) is 50.9 Å². The summed E-state index contributed by atoms with van der Waals surface area (Å²) < 4.78 is 26.8. The summed E-state index contributed by atoms with van der Waals surface area (Å²) in [6.07, 6.45) is 0.687. The molecule has 0 bridgehead atoms. The lowest BCUT2D eigenvalue weighted by Gasteiger charge is -2.34. The molecule has 2 heterocycles.